The molecular formula is C17H18N5+. The van der Waals surface area contributed by atoms with Crippen LogP contribution in [0.2, 0.25) is 0 Å². The lowest BCUT2D eigenvalue weighted by Crippen LogP contribution is -2.32. The predicted molar refractivity (Wildman–Crippen MR) is 87.1 cm³/mol. The van der Waals surface area contributed by atoms with Crippen molar-refractivity contribution in [2.24, 2.45) is 0 Å². The van der Waals surface area contributed by atoms with Crippen molar-refractivity contribution < 1.29 is 4.58 Å². The monoisotopic (exact) mass is 292 g/mol. The van der Waals surface area contributed by atoms with Gasteiger partial charge in [-0.2, -0.15) is 10.5 Å². The predicted octanol–water partition coefficient (Wildman–Crippen LogP) is 2.03. The molecule has 0 fully saturated rings. The molecule has 0 unspecified atom stereocenters. The zero-order valence-electron chi connectivity index (χ0n) is 12.7. The molecule has 1 aliphatic heterocycles. The smallest absolute Gasteiger partial charge is 0.264 e. The highest BCUT2D eigenvalue weighted by atomic mass is 15.4. The molecule has 1 aliphatic rings. The number of likely N-dealkylation sites (N-methyl/N-ethyl adjacent to an activating group) is 2. The Labute approximate surface area is 130 Å². The zero-order valence-corrected chi connectivity index (χ0v) is 12.7. The van der Waals surface area contributed by atoms with Crippen molar-refractivity contribution in [1.29, 1.82) is 10.5 Å². The Balaban J connectivity index is 2.23. The fraction of sp³-hybridized carbons (Fsp3) is 0.235. The summed E-state index contributed by atoms with van der Waals surface area (Å²) in [7, 11) is 4.11. The molecule has 5 heteroatoms. The van der Waals surface area contributed by atoms with E-state index in [9.17, 15) is 0 Å². The average Bonchev–Trinajstić information content (AvgIpc) is 2.85. The van der Waals surface area contributed by atoms with Crippen molar-refractivity contribution in [1.82, 2.24) is 4.90 Å². The lowest BCUT2D eigenvalue weighted by atomic mass is 10.1. The summed E-state index contributed by atoms with van der Waals surface area (Å²) < 4.78 is 2.17. The number of nitriles is 2. The van der Waals surface area contributed by atoms with E-state index < -0.39 is 0 Å². The van der Waals surface area contributed by atoms with Crippen molar-refractivity contribution in [3.8, 4) is 12.1 Å². The molecule has 0 amide bonds. The first kappa shape index (κ1) is 15.3. The van der Waals surface area contributed by atoms with Gasteiger partial charge in [-0.3, -0.25) is 9.48 Å². The van der Waals surface area contributed by atoms with Gasteiger partial charge in [0.05, 0.1) is 27.2 Å². The largest absolute Gasteiger partial charge is 0.352 e. The third-order valence-electron chi connectivity index (χ3n) is 3.48. The van der Waals surface area contributed by atoms with E-state index in [4.69, 9.17) is 10.5 Å². The molecule has 0 atom stereocenters. The Morgan fingerprint density at radius 2 is 2.05 bits per heavy atom. The summed E-state index contributed by atoms with van der Waals surface area (Å²) >= 11 is 0. The lowest BCUT2D eigenvalue weighted by molar-refractivity contribution is -0.486. The third-order valence-corrected chi connectivity index (χ3v) is 3.48. The van der Waals surface area contributed by atoms with E-state index in [2.05, 4.69) is 28.9 Å². The molecule has 0 radical (unpaired) electrons. The minimum atomic E-state index is 0.0892. The zero-order chi connectivity index (χ0) is 15.9. The van der Waals surface area contributed by atoms with Gasteiger partial charge in [-0.25, -0.2) is 5.32 Å². The lowest BCUT2D eigenvalue weighted by Gasteiger charge is -2.10. The van der Waals surface area contributed by atoms with Gasteiger partial charge < -0.3 is 0 Å². The van der Waals surface area contributed by atoms with Gasteiger partial charge >= 0.3 is 5.96 Å². The molecule has 5 nitrogen and oxygen atoms in total. The molecule has 1 aromatic rings. The van der Waals surface area contributed by atoms with Crippen LogP contribution < -0.4 is 5.32 Å². The molecule has 110 valence electrons. The Morgan fingerprint density at radius 3 is 2.68 bits per heavy atom. The van der Waals surface area contributed by atoms with Gasteiger partial charge in [0, 0.05) is 5.56 Å². The third kappa shape index (κ3) is 3.53. The van der Waals surface area contributed by atoms with Crippen molar-refractivity contribution in [2.45, 2.75) is 0 Å². The summed E-state index contributed by atoms with van der Waals surface area (Å²) in [6.07, 6.45) is 5.11. The first-order valence-electron chi connectivity index (χ1n) is 6.99. The average molecular weight is 292 g/mol. The topological polar surface area (TPSA) is 65.9 Å². The van der Waals surface area contributed by atoms with Gasteiger partial charge in [0.15, 0.2) is 0 Å². The Hall–Kier alpha value is -3.05. The number of guanidine groups is 1. The van der Waals surface area contributed by atoms with Gasteiger partial charge in [0.2, 0.25) is 0 Å². The number of anilines is 1. The maximum atomic E-state index is 8.72. The summed E-state index contributed by atoms with van der Waals surface area (Å²) in [5.74, 6) is 1.06. The SMILES string of the molecule is CN1CC[N+](C)=C1Nc1ccccc1/C=C/C=C(C#N)C#N. The molecule has 0 aliphatic carbocycles. The summed E-state index contributed by atoms with van der Waals surface area (Å²) in [4.78, 5) is 2.17. The molecule has 0 spiro atoms. The molecule has 1 aromatic carbocycles. The highest BCUT2D eigenvalue weighted by molar-refractivity contribution is 5.92. The van der Waals surface area contributed by atoms with Crippen molar-refractivity contribution in [3.63, 3.8) is 0 Å². The number of nitrogens with zero attached hydrogens (tertiary/aromatic N) is 4. The summed E-state index contributed by atoms with van der Waals surface area (Å²) in [5, 5.41) is 20.9. The fourth-order valence-corrected chi connectivity index (χ4v) is 2.22. The van der Waals surface area contributed by atoms with Gasteiger partial charge in [0.25, 0.3) is 0 Å². The second kappa shape index (κ2) is 7.10. The van der Waals surface area contributed by atoms with E-state index in [1.165, 1.54) is 6.08 Å². The highest BCUT2D eigenvalue weighted by Crippen LogP contribution is 2.18. The van der Waals surface area contributed by atoms with Crippen LogP contribution in [0.4, 0.5) is 5.69 Å². The molecular weight excluding hydrogens is 274 g/mol. The van der Waals surface area contributed by atoms with Gasteiger partial charge in [-0.05, 0) is 12.1 Å². The normalized spacial score (nSPS) is 13.9. The van der Waals surface area contributed by atoms with Gasteiger partial charge in [0.1, 0.15) is 23.4 Å². The van der Waals surface area contributed by atoms with Crippen molar-refractivity contribution >= 4 is 17.7 Å². The number of para-hydroxylation sites is 1. The van der Waals surface area contributed by atoms with E-state index in [0.29, 0.717) is 0 Å². The number of rotatable bonds is 3. The molecule has 0 bridgehead atoms. The van der Waals surface area contributed by atoms with Crippen LogP contribution in [-0.2, 0) is 0 Å². The molecule has 0 saturated carbocycles. The summed E-state index contributed by atoms with van der Waals surface area (Å²) in [6.45, 7) is 1.99. The maximum Gasteiger partial charge on any atom is 0.352 e. The van der Waals surface area contributed by atoms with Crippen LogP contribution in [-0.4, -0.2) is 42.6 Å². The molecule has 1 heterocycles. The quantitative estimate of drug-likeness (QED) is 0.526. The maximum absolute atomic E-state index is 8.72. The Morgan fingerprint density at radius 1 is 1.32 bits per heavy atom. The number of nitrogens with one attached hydrogen (secondary N) is 1. The van der Waals surface area contributed by atoms with Crippen LogP contribution in [0.3, 0.4) is 0 Å². The minimum absolute atomic E-state index is 0.0892. The number of benzene rings is 1. The fourth-order valence-electron chi connectivity index (χ4n) is 2.22. The molecule has 22 heavy (non-hydrogen) atoms. The van der Waals surface area contributed by atoms with Crippen LogP contribution >= 0.6 is 0 Å². The Kier molecular flexibility index (Phi) is 4.95. The van der Waals surface area contributed by atoms with Crippen LogP contribution in [0, 0.1) is 22.7 Å². The number of hydrogen-bond acceptors (Lipinski definition) is 4. The van der Waals surface area contributed by atoms with E-state index in [1.807, 2.05) is 42.5 Å². The standard InChI is InChI=1S/C17H17N5/c1-21-10-11-22(2)17(21)20-16-9-4-3-7-15(16)8-5-6-14(12-18)13-19/h3-9H,10-11H2,1-2H3/p+1/b8-5+. The van der Waals surface area contributed by atoms with Gasteiger partial charge in [-0.15, -0.1) is 0 Å². The van der Waals surface area contributed by atoms with Crippen LogP contribution in [0.1, 0.15) is 5.56 Å². The molecule has 1 N–H and O–H groups in total. The van der Waals surface area contributed by atoms with Crippen LogP contribution in [0.25, 0.3) is 6.08 Å². The van der Waals surface area contributed by atoms with E-state index in [-0.39, 0.29) is 5.57 Å². The van der Waals surface area contributed by atoms with Crippen LogP contribution in [0.5, 0.6) is 0 Å². The van der Waals surface area contributed by atoms with Gasteiger partial charge in [-0.1, -0.05) is 30.4 Å². The van der Waals surface area contributed by atoms with Crippen molar-refractivity contribution in [2.75, 3.05) is 32.5 Å². The summed E-state index contributed by atoms with van der Waals surface area (Å²) in [6, 6.07) is 11.6. The highest BCUT2D eigenvalue weighted by Gasteiger charge is 2.24. The van der Waals surface area contributed by atoms with Crippen molar-refractivity contribution in [3.05, 3.63) is 47.6 Å². The second-order valence-electron chi connectivity index (χ2n) is 5.04. The number of allylic oxidation sites excluding steroid dienone is 3. The summed E-state index contributed by atoms with van der Waals surface area (Å²) in [5.41, 5.74) is 2.07. The first-order valence-corrected chi connectivity index (χ1v) is 6.99. The van der Waals surface area contributed by atoms with Crippen LogP contribution in [0.15, 0.2) is 42.0 Å². The van der Waals surface area contributed by atoms with E-state index in [1.54, 1.807) is 6.08 Å². The molecule has 0 aromatic heterocycles. The minimum Gasteiger partial charge on any atom is -0.264 e. The van der Waals surface area contributed by atoms with E-state index in [0.717, 1.165) is 30.3 Å². The Bertz CT molecular complexity index is 712. The first-order chi connectivity index (χ1) is 10.7. The molecule has 0 saturated heterocycles. The number of hydrogen-bond donors (Lipinski definition) is 1. The molecule has 2 rings (SSSR count). The van der Waals surface area contributed by atoms with E-state index >= 15 is 0 Å². The second-order valence-corrected chi connectivity index (χ2v) is 5.04.